The van der Waals surface area contributed by atoms with Gasteiger partial charge >= 0.3 is 5.97 Å². The Bertz CT molecular complexity index is 1050. The first kappa shape index (κ1) is 23.8. The van der Waals surface area contributed by atoms with Gasteiger partial charge in [0.15, 0.2) is 6.61 Å². The van der Waals surface area contributed by atoms with Gasteiger partial charge in [-0.2, -0.15) is 0 Å². The number of hydrogen-bond donors (Lipinski definition) is 1. The molecule has 1 saturated heterocycles. The average Bonchev–Trinajstić information content (AvgIpc) is 3.31. The average molecular weight is 465 g/mol. The van der Waals surface area contributed by atoms with Gasteiger partial charge in [0.2, 0.25) is 10.0 Å². The van der Waals surface area contributed by atoms with Gasteiger partial charge in [0, 0.05) is 32.3 Å². The number of carbonyl (C=O) groups is 2. The molecule has 1 aliphatic rings. The minimum absolute atomic E-state index is 0.00717. The zero-order valence-electron chi connectivity index (χ0n) is 17.6. The Kier molecular flexibility index (Phi) is 7.94. The molecule has 32 heavy (non-hydrogen) atoms. The summed E-state index contributed by atoms with van der Waals surface area (Å²) in [6, 6.07) is 11.3. The van der Waals surface area contributed by atoms with E-state index in [-0.39, 0.29) is 29.7 Å². The van der Waals surface area contributed by atoms with Crippen LogP contribution in [0.3, 0.4) is 0 Å². The van der Waals surface area contributed by atoms with Crippen LogP contribution in [0.5, 0.6) is 0 Å². The maximum absolute atomic E-state index is 13.7. The summed E-state index contributed by atoms with van der Waals surface area (Å²) >= 11 is 0. The third kappa shape index (κ3) is 6.35. The Morgan fingerprint density at radius 1 is 1.19 bits per heavy atom. The third-order valence-electron chi connectivity index (χ3n) is 5.04. The number of esters is 1. The van der Waals surface area contributed by atoms with Crippen LogP contribution in [0, 0.1) is 5.82 Å². The van der Waals surface area contributed by atoms with Gasteiger partial charge in [0.1, 0.15) is 5.82 Å². The van der Waals surface area contributed by atoms with Crippen LogP contribution in [0.15, 0.2) is 53.4 Å². The molecule has 1 unspecified atom stereocenters. The number of likely N-dealkylation sites (N-methyl/N-ethyl adjacent to an activating group) is 1. The van der Waals surface area contributed by atoms with Crippen LogP contribution in [-0.4, -0.2) is 58.1 Å². The number of nitrogens with one attached hydrogen (secondary N) is 1. The summed E-state index contributed by atoms with van der Waals surface area (Å²) in [5, 5.41) is 0. The number of rotatable bonds is 9. The number of ether oxygens (including phenoxy) is 2. The Morgan fingerprint density at radius 2 is 1.91 bits per heavy atom. The zero-order valence-corrected chi connectivity index (χ0v) is 18.4. The van der Waals surface area contributed by atoms with E-state index in [2.05, 4.69) is 4.72 Å². The molecule has 1 heterocycles. The van der Waals surface area contributed by atoms with Crippen molar-refractivity contribution in [3.8, 4) is 0 Å². The molecular weight excluding hydrogens is 439 g/mol. The molecule has 0 radical (unpaired) electrons. The number of carbonyl (C=O) groups excluding carboxylic acids is 2. The van der Waals surface area contributed by atoms with Gasteiger partial charge in [-0.1, -0.05) is 18.2 Å². The molecule has 1 aliphatic heterocycles. The normalized spacial score (nSPS) is 16.0. The monoisotopic (exact) mass is 464 g/mol. The highest BCUT2D eigenvalue weighted by atomic mass is 32.2. The molecule has 3 rings (SSSR count). The molecule has 2 aromatic carbocycles. The minimum Gasteiger partial charge on any atom is -0.452 e. The summed E-state index contributed by atoms with van der Waals surface area (Å²) in [7, 11) is -2.26. The molecule has 8 nitrogen and oxygen atoms in total. The lowest BCUT2D eigenvalue weighted by atomic mass is 10.2. The highest BCUT2D eigenvalue weighted by molar-refractivity contribution is 7.89. The second-order valence-electron chi connectivity index (χ2n) is 7.43. The van der Waals surface area contributed by atoms with Crippen LogP contribution in [-0.2, 0) is 30.8 Å². The first-order chi connectivity index (χ1) is 15.3. The number of halogens is 1. The molecule has 172 valence electrons. The highest BCUT2D eigenvalue weighted by Crippen LogP contribution is 2.15. The van der Waals surface area contributed by atoms with Crippen molar-refractivity contribution in [3.63, 3.8) is 0 Å². The van der Waals surface area contributed by atoms with E-state index in [9.17, 15) is 22.4 Å². The lowest BCUT2D eigenvalue weighted by molar-refractivity contribution is -0.133. The number of hydrogen-bond acceptors (Lipinski definition) is 6. The number of nitrogens with zero attached hydrogens (tertiary/aromatic N) is 1. The van der Waals surface area contributed by atoms with E-state index in [1.165, 1.54) is 42.3 Å². The van der Waals surface area contributed by atoms with Crippen LogP contribution in [0.4, 0.5) is 4.39 Å². The minimum atomic E-state index is -3.73. The lowest BCUT2D eigenvalue weighted by Gasteiger charge is -2.17. The van der Waals surface area contributed by atoms with E-state index in [0.717, 1.165) is 12.8 Å². The highest BCUT2D eigenvalue weighted by Gasteiger charge is 2.21. The Morgan fingerprint density at radius 3 is 2.56 bits per heavy atom. The smallest absolute Gasteiger partial charge is 0.338 e. The first-order valence-corrected chi connectivity index (χ1v) is 11.6. The lowest BCUT2D eigenvalue weighted by Crippen LogP contribution is -2.32. The SMILES string of the molecule is CN(Cc1ccccc1F)C(=O)COC(=O)c1ccc(S(=O)(=O)NCC2CCCO2)cc1. The predicted octanol–water partition coefficient (Wildman–Crippen LogP) is 2.10. The van der Waals surface area contributed by atoms with Crippen LogP contribution in [0.25, 0.3) is 0 Å². The van der Waals surface area contributed by atoms with Crippen molar-refractivity contribution in [2.75, 3.05) is 26.8 Å². The fraction of sp³-hybridized carbons (Fsp3) is 0.364. The van der Waals surface area contributed by atoms with Gasteiger partial charge in [0.05, 0.1) is 16.6 Å². The van der Waals surface area contributed by atoms with Gasteiger partial charge in [-0.15, -0.1) is 0 Å². The van der Waals surface area contributed by atoms with Gasteiger partial charge in [-0.3, -0.25) is 4.79 Å². The summed E-state index contributed by atoms with van der Waals surface area (Å²) in [5.41, 5.74) is 0.451. The summed E-state index contributed by atoms with van der Waals surface area (Å²) in [6.07, 6.45) is 1.58. The molecule has 1 fully saturated rings. The molecule has 0 saturated carbocycles. The second kappa shape index (κ2) is 10.7. The molecule has 0 aliphatic carbocycles. The van der Waals surface area contributed by atoms with Crippen LogP contribution in [0.2, 0.25) is 0 Å². The van der Waals surface area contributed by atoms with Crippen molar-refractivity contribution < 1.29 is 31.9 Å². The molecule has 10 heteroatoms. The Labute approximate surface area is 186 Å². The van der Waals surface area contributed by atoms with Crippen molar-refractivity contribution in [1.82, 2.24) is 9.62 Å². The molecule has 0 aromatic heterocycles. The van der Waals surface area contributed by atoms with E-state index >= 15 is 0 Å². The fourth-order valence-corrected chi connectivity index (χ4v) is 4.22. The van der Waals surface area contributed by atoms with E-state index in [4.69, 9.17) is 9.47 Å². The number of amides is 1. The Balaban J connectivity index is 1.50. The van der Waals surface area contributed by atoms with Crippen LogP contribution < -0.4 is 4.72 Å². The standard InChI is InChI=1S/C22H25FN2O6S/c1-25(14-17-5-2-3-7-20(17)23)21(26)15-31-22(27)16-8-10-19(11-9-16)32(28,29)24-13-18-6-4-12-30-18/h2-3,5,7-11,18,24H,4,6,12-15H2,1H3. The molecule has 0 spiro atoms. The van der Waals surface area contributed by atoms with Gasteiger partial charge in [-0.05, 0) is 43.2 Å². The number of benzene rings is 2. The molecular formula is C22H25FN2O6S. The zero-order chi connectivity index (χ0) is 23.1. The van der Waals surface area contributed by atoms with E-state index < -0.39 is 34.3 Å². The Hall–Kier alpha value is -2.82. The van der Waals surface area contributed by atoms with Crippen molar-refractivity contribution in [3.05, 3.63) is 65.5 Å². The van der Waals surface area contributed by atoms with E-state index in [1.807, 2.05) is 0 Å². The largest absolute Gasteiger partial charge is 0.452 e. The van der Waals surface area contributed by atoms with Gasteiger partial charge in [0.25, 0.3) is 5.91 Å². The topological polar surface area (TPSA) is 102 Å². The van der Waals surface area contributed by atoms with Crippen LogP contribution >= 0.6 is 0 Å². The maximum Gasteiger partial charge on any atom is 0.338 e. The second-order valence-corrected chi connectivity index (χ2v) is 9.20. The molecule has 2 aromatic rings. The number of sulfonamides is 1. The fourth-order valence-electron chi connectivity index (χ4n) is 3.15. The summed E-state index contributed by atoms with van der Waals surface area (Å²) in [6.45, 7) is 0.334. The van der Waals surface area contributed by atoms with Crippen molar-refractivity contribution in [1.29, 1.82) is 0 Å². The van der Waals surface area contributed by atoms with E-state index in [1.54, 1.807) is 18.2 Å². The van der Waals surface area contributed by atoms with Crippen LogP contribution in [0.1, 0.15) is 28.8 Å². The molecule has 0 bridgehead atoms. The predicted molar refractivity (Wildman–Crippen MR) is 114 cm³/mol. The van der Waals surface area contributed by atoms with Gasteiger partial charge < -0.3 is 14.4 Å². The van der Waals surface area contributed by atoms with Crippen molar-refractivity contribution in [2.45, 2.75) is 30.4 Å². The third-order valence-corrected chi connectivity index (χ3v) is 6.48. The van der Waals surface area contributed by atoms with Gasteiger partial charge in [-0.25, -0.2) is 22.3 Å². The van der Waals surface area contributed by atoms with Crippen molar-refractivity contribution in [2.24, 2.45) is 0 Å². The molecule has 1 N–H and O–H groups in total. The van der Waals surface area contributed by atoms with E-state index in [0.29, 0.717) is 12.2 Å². The van der Waals surface area contributed by atoms with Crippen molar-refractivity contribution >= 4 is 21.9 Å². The summed E-state index contributed by atoms with van der Waals surface area (Å²) in [4.78, 5) is 25.7. The quantitative estimate of drug-likeness (QED) is 0.571. The molecule has 1 atom stereocenters. The molecule has 1 amide bonds. The summed E-state index contributed by atoms with van der Waals surface area (Å²) in [5.74, 6) is -1.70. The maximum atomic E-state index is 13.7. The summed E-state index contributed by atoms with van der Waals surface area (Å²) < 4.78 is 51.4. The first-order valence-electron chi connectivity index (χ1n) is 10.1.